The van der Waals surface area contributed by atoms with Gasteiger partial charge in [-0.2, -0.15) is 26.3 Å². The topological polar surface area (TPSA) is 42.0 Å². The van der Waals surface area contributed by atoms with E-state index < -0.39 is 52.2 Å². The molecule has 0 bridgehead atoms. The van der Waals surface area contributed by atoms with E-state index in [2.05, 4.69) is 16.9 Å². The smallest absolute Gasteiger partial charge is 0.321 e. The maximum Gasteiger partial charge on any atom is 0.434 e. The molecule has 3 nitrogen and oxygen atoms in total. The van der Waals surface area contributed by atoms with Crippen LogP contribution >= 0.6 is 11.6 Å². The zero-order chi connectivity index (χ0) is 23.6. The van der Waals surface area contributed by atoms with Crippen molar-refractivity contribution in [3.05, 3.63) is 69.5 Å². The molecule has 1 aromatic heterocycles. The Labute approximate surface area is 180 Å². The zero-order valence-corrected chi connectivity index (χ0v) is 17.4. The maximum atomic E-state index is 13.6. The van der Waals surface area contributed by atoms with Crippen LogP contribution in [0.4, 0.5) is 32.0 Å². The first-order chi connectivity index (χ1) is 14.4. The number of para-hydroxylation sites is 1. The molecule has 2 rings (SSSR count). The molecule has 1 N–H and O–H groups in total. The first-order valence-electron chi connectivity index (χ1n) is 9.26. The predicted octanol–water partition coefficient (Wildman–Crippen LogP) is 6.88. The van der Waals surface area contributed by atoms with Crippen molar-refractivity contribution in [3.63, 3.8) is 0 Å². The van der Waals surface area contributed by atoms with E-state index in [1.807, 2.05) is 0 Å². The summed E-state index contributed by atoms with van der Waals surface area (Å²) in [5.74, 6) is -1.29. The van der Waals surface area contributed by atoms with Gasteiger partial charge in [0.05, 0.1) is 10.6 Å². The summed E-state index contributed by atoms with van der Waals surface area (Å²) in [6.45, 7) is 6.89. The lowest BCUT2D eigenvalue weighted by Crippen LogP contribution is -2.26. The normalized spacial score (nSPS) is 12.0. The molecule has 1 aromatic carbocycles. The van der Waals surface area contributed by atoms with Gasteiger partial charge in [0, 0.05) is 11.3 Å². The highest BCUT2D eigenvalue weighted by Gasteiger charge is 2.45. The molecular formula is C21H19ClF6N2O. The third-order valence-corrected chi connectivity index (χ3v) is 5.00. The lowest BCUT2D eigenvalue weighted by atomic mass is 10.0. The van der Waals surface area contributed by atoms with E-state index in [4.69, 9.17) is 11.6 Å². The highest BCUT2D eigenvalue weighted by atomic mass is 35.5. The van der Waals surface area contributed by atoms with Gasteiger partial charge in [0.1, 0.15) is 5.69 Å². The summed E-state index contributed by atoms with van der Waals surface area (Å²) < 4.78 is 81.0. The van der Waals surface area contributed by atoms with Crippen molar-refractivity contribution < 1.29 is 31.1 Å². The summed E-state index contributed by atoms with van der Waals surface area (Å²) in [4.78, 5) is 15.7. The average molecular weight is 465 g/mol. The molecule has 1 heterocycles. The molecule has 168 valence electrons. The summed E-state index contributed by atoms with van der Waals surface area (Å²) in [7, 11) is 0. The monoisotopic (exact) mass is 464 g/mol. The van der Waals surface area contributed by atoms with Crippen molar-refractivity contribution in [2.24, 2.45) is 0 Å². The number of nitrogens with one attached hydrogen (secondary N) is 1. The Morgan fingerprint density at radius 3 is 2.00 bits per heavy atom. The molecule has 0 saturated heterocycles. The minimum atomic E-state index is -5.35. The van der Waals surface area contributed by atoms with Crippen molar-refractivity contribution in [2.75, 3.05) is 5.32 Å². The van der Waals surface area contributed by atoms with E-state index in [0.717, 1.165) is 6.08 Å². The van der Waals surface area contributed by atoms with E-state index in [1.54, 1.807) is 32.0 Å². The fraction of sp³-hybridized carbons (Fsp3) is 0.333. The van der Waals surface area contributed by atoms with Crippen LogP contribution in [0.25, 0.3) is 0 Å². The second kappa shape index (κ2) is 9.30. The summed E-state index contributed by atoms with van der Waals surface area (Å²) >= 11 is 5.97. The summed E-state index contributed by atoms with van der Waals surface area (Å²) in [6.07, 6.45) is -9.10. The largest absolute Gasteiger partial charge is 0.434 e. The van der Waals surface area contributed by atoms with Gasteiger partial charge in [-0.1, -0.05) is 49.7 Å². The number of aromatic nitrogens is 1. The minimum Gasteiger partial charge on any atom is -0.321 e. The van der Waals surface area contributed by atoms with E-state index in [0.29, 0.717) is 29.7 Å². The Balaban J connectivity index is 2.77. The van der Waals surface area contributed by atoms with Gasteiger partial charge >= 0.3 is 12.4 Å². The third-order valence-electron chi connectivity index (χ3n) is 4.58. The zero-order valence-electron chi connectivity index (χ0n) is 16.6. The second-order valence-electron chi connectivity index (χ2n) is 6.58. The molecule has 0 aliphatic heterocycles. The lowest BCUT2D eigenvalue weighted by molar-refractivity contribution is -0.150. The fourth-order valence-electron chi connectivity index (χ4n) is 3.15. The molecule has 1 amide bonds. The highest BCUT2D eigenvalue weighted by Crippen LogP contribution is 2.41. The molecule has 31 heavy (non-hydrogen) atoms. The first kappa shape index (κ1) is 24.7. The summed E-state index contributed by atoms with van der Waals surface area (Å²) in [6, 6.07) is 5.12. The number of hydrogen-bond acceptors (Lipinski definition) is 2. The molecule has 0 saturated carbocycles. The Hall–Kier alpha value is -2.55. The van der Waals surface area contributed by atoms with Gasteiger partial charge in [-0.05, 0) is 30.4 Å². The van der Waals surface area contributed by atoms with Gasteiger partial charge < -0.3 is 5.32 Å². The molecule has 0 aliphatic carbocycles. The van der Waals surface area contributed by atoms with Gasteiger partial charge in [-0.15, -0.1) is 6.58 Å². The standard InChI is InChI=1S/C21H19ClF6N2O/c1-4-8-13-15(22)14(18(21(26,27)28)30-17(13)20(23,24)25)19(31)29-16-11(5-2)9-7-10-12(16)6-3/h4,7,9-10H,1,5-6,8H2,2-3H3,(H,29,31). The van der Waals surface area contributed by atoms with Gasteiger partial charge in [-0.25, -0.2) is 4.98 Å². The number of amides is 1. The summed E-state index contributed by atoms with van der Waals surface area (Å²) in [5, 5.41) is 1.45. The molecule has 0 atom stereocenters. The first-order valence-corrected chi connectivity index (χ1v) is 9.64. The van der Waals surface area contributed by atoms with Crippen LogP contribution in [0.15, 0.2) is 30.9 Å². The quantitative estimate of drug-likeness (QED) is 0.374. The Kier molecular flexibility index (Phi) is 7.41. The number of carbonyl (C=O) groups excluding carboxylic acids is 1. The van der Waals surface area contributed by atoms with Gasteiger partial charge in [-0.3, -0.25) is 4.79 Å². The van der Waals surface area contributed by atoms with Gasteiger partial charge in [0.25, 0.3) is 5.91 Å². The van der Waals surface area contributed by atoms with Crippen LogP contribution in [0.5, 0.6) is 0 Å². The van der Waals surface area contributed by atoms with Crippen LogP contribution in [-0.4, -0.2) is 10.9 Å². The van der Waals surface area contributed by atoms with E-state index >= 15 is 0 Å². The number of carbonyl (C=O) groups is 1. The molecule has 0 spiro atoms. The number of anilines is 1. The number of nitrogens with zero attached hydrogens (tertiary/aromatic N) is 1. The number of allylic oxidation sites excluding steroid dienone is 1. The van der Waals surface area contributed by atoms with Gasteiger partial charge in [0.2, 0.25) is 0 Å². The van der Waals surface area contributed by atoms with Crippen LogP contribution in [-0.2, 0) is 31.6 Å². The predicted molar refractivity (Wildman–Crippen MR) is 106 cm³/mol. The molecule has 10 heteroatoms. The molecule has 0 radical (unpaired) electrons. The number of rotatable bonds is 6. The Morgan fingerprint density at radius 1 is 1.06 bits per heavy atom. The number of hydrogen-bond donors (Lipinski definition) is 1. The second-order valence-corrected chi connectivity index (χ2v) is 6.96. The highest BCUT2D eigenvalue weighted by molar-refractivity contribution is 6.35. The number of pyridine rings is 1. The van der Waals surface area contributed by atoms with Crippen LogP contribution in [0.2, 0.25) is 5.02 Å². The van der Waals surface area contributed by atoms with Crippen LogP contribution < -0.4 is 5.32 Å². The molecule has 0 aliphatic rings. The van der Waals surface area contributed by atoms with Crippen LogP contribution in [0, 0.1) is 0 Å². The Morgan fingerprint density at radius 2 is 1.58 bits per heavy atom. The lowest BCUT2D eigenvalue weighted by Gasteiger charge is -2.21. The van der Waals surface area contributed by atoms with E-state index in [-0.39, 0.29) is 0 Å². The van der Waals surface area contributed by atoms with Crippen molar-refractivity contribution in [1.82, 2.24) is 4.98 Å². The number of halogens is 7. The van der Waals surface area contributed by atoms with Crippen molar-refractivity contribution >= 4 is 23.2 Å². The van der Waals surface area contributed by atoms with Crippen LogP contribution in [0.3, 0.4) is 0 Å². The maximum absolute atomic E-state index is 13.6. The van der Waals surface area contributed by atoms with E-state index in [9.17, 15) is 31.1 Å². The number of alkyl halides is 6. The molecule has 0 unspecified atom stereocenters. The van der Waals surface area contributed by atoms with Gasteiger partial charge in [0.15, 0.2) is 5.69 Å². The molecular weight excluding hydrogens is 446 g/mol. The van der Waals surface area contributed by atoms with Crippen molar-refractivity contribution in [1.29, 1.82) is 0 Å². The average Bonchev–Trinajstić information content (AvgIpc) is 2.67. The van der Waals surface area contributed by atoms with Crippen LogP contribution in [0.1, 0.15) is 52.3 Å². The number of aryl methyl sites for hydroxylation is 2. The fourth-order valence-corrected chi connectivity index (χ4v) is 3.49. The SMILES string of the molecule is C=CCc1c(C(F)(F)F)nc(C(F)(F)F)c(C(=O)Nc2c(CC)cccc2CC)c1Cl. The third kappa shape index (κ3) is 5.20. The van der Waals surface area contributed by atoms with E-state index in [1.165, 1.54) is 0 Å². The van der Waals surface area contributed by atoms with Crippen molar-refractivity contribution in [3.8, 4) is 0 Å². The number of benzene rings is 1. The summed E-state index contributed by atoms with van der Waals surface area (Å²) in [5.41, 5.74) is -4.10. The minimum absolute atomic E-state index is 0.298. The molecule has 2 aromatic rings. The van der Waals surface area contributed by atoms with Crippen molar-refractivity contribution in [2.45, 2.75) is 45.5 Å². The Bertz CT molecular complexity index is 977. The molecule has 0 fully saturated rings.